The lowest BCUT2D eigenvalue weighted by Crippen LogP contribution is -2.16. The molecule has 0 aliphatic rings. The summed E-state index contributed by atoms with van der Waals surface area (Å²) in [6, 6.07) is 7.25. The van der Waals surface area contributed by atoms with E-state index in [2.05, 4.69) is 20.6 Å². The summed E-state index contributed by atoms with van der Waals surface area (Å²) in [5.74, 6) is -1.04. The van der Waals surface area contributed by atoms with E-state index < -0.39 is 11.9 Å². The molecule has 1 aromatic heterocycles. The number of benzene rings is 1. The molecule has 18 heavy (non-hydrogen) atoms. The van der Waals surface area contributed by atoms with Crippen LogP contribution in [0.25, 0.3) is 0 Å². The smallest absolute Gasteiger partial charge is 0.314 e. The highest BCUT2D eigenvalue weighted by Gasteiger charge is 2.25. The molecule has 2 N–H and O–H groups in total. The van der Waals surface area contributed by atoms with Crippen LogP contribution in [0.15, 0.2) is 24.3 Å². The number of tetrazole rings is 1. The topological polar surface area (TPSA) is 101 Å². The van der Waals surface area contributed by atoms with Crippen molar-refractivity contribution in [3.63, 3.8) is 0 Å². The molecule has 1 heterocycles. The van der Waals surface area contributed by atoms with E-state index in [1.807, 2.05) is 18.2 Å². The van der Waals surface area contributed by atoms with E-state index in [9.17, 15) is 9.90 Å². The number of nitrogens with one attached hydrogen (secondary N) is 1. The molecule has 0 aliphatic heterocycles. The minimum atomic E-state index is -0.998. The molecule has 0 saturated heterocycles. The number of carboxylic acid groups (broad SMARTS) is 1. The van der Waals surface area contributed by atoms with E-state index in [1.165, 1.54) is 0 Å². The van der Waals surface area contributed by atoms with Gasteiger partial charge in [0.05, 0.1) is 7.11 Å². The highest BCUT2D eigenvalue weighted by molar-refractivity contribution is 5.75. The van der Waals surface area contributed by atoms with E-state index >= 15 is 0 Å². The van der Waals surface area contributed by atoms with Crippen molar-refractivity contribution in [2.24, 2.45) is 0 Å². The number of hydrogen-bond acceptors (Lipinski definition) is 5. The lowest BCUT2D eigenvalue weighted by Gasteiger charge is -2.11. The third kappa shape index (κ3) is 2.45. The zero-order chi connectivity index (χ0) is 13.0. The summed E-state index contributed by atoms with van der Waals surface area (Å²) in [6.07, 6.45) is 0.249. The number of hydrogen-bond donors (Lipinski definition) is 2. The summed E-state index contributed by atoms with van der Waals surface area (Å²) in [5, 5.41) is 22.3. The Bertz CT molecular complexity index is 527. The summed E-state index contributed by atoms with van der Waals surface area (Å²) in [5.41, 5.74) is 0.789. The van der Waals surface area contributed by atoms with E-state index in [4.69, 9.17) is 4.74 Å². The van der Waals surface area contributed by atoms with E-state index in [-0.39, 0.29) is 12.2 Å². The minimum absolute atomic E-state index is 0.161. The Morgan fingerprint density at radius 2 is 2.28 bits per heavy atom. The van der Waals surface area contributed by atoms with E-state index in [0.29, 0.717) is 5.75 Å². The van der Waals surface area contributed by atoms with Crippen LogP contribution < -0.4 is 4.74 Å². The predicted molar refractivity (Wildman–Crippen MR) is 61.3 cm³/mol. The third-order valence-corrected chi connectivity index (χ3v) is 2.59. The second kappa shape index (κ2) is 5.26. The number of carbonyl (C=O) groups is 1. The fourth-order valence-corrected chi connectivity index (χ4v) is 1.70. The molecule has 94 valence electrons. The molecule has 7 heteroatoms. The van der Waals surface area contributed by atoms with Crippen molar-refractivity contribution in [2.45, 2.75) is 12.3 Å². The van der Waals surface area contributed by atoms with Gasteiger partial charge in [-0.2, -0.15) is 5.21 Å². The SMILES string of the molecule is COc1ccccc1C[C@@H](C(=O)O)c1nn[nH]n1. The number of rotatable bonds is 5. The lowest BCUT2D eigenvalue weighted by atomic mass is 9.98. The number of methoxy groups -OCH3 is 1. The van der Waals surface area contributed by atoms with Crippen LogP contribution >= 0.6 is 0 Å². The van der Waals surface area contributed by atoms with Gasteiger partial charge < -0.3 is 9.84 Å². The molecule has 2 aromatic rings. The van der Waals surface area contributed by atoms with Crippen LogP contribution in [0, 0.1) is 0 Å². The second-order valence-electron chi connectivity index (χ2n) is 3.68. The third-order valence-electron chi connectivity index (χ3n) is 2.59. The standard InChI is InChI=1S/C11H12N4O3/c1-18-9-5-3-2-4-7(9)6-8(11(16)17)10-12-14-15-13-10/h2-5,8H,6H2,1H3,(H,16,17)(H,12,13,14,15)/t8-/m1/s1. The predicted octanol–water partition coefficient (Wildman–Crippen LogP) is 0.619. The van der Waals surface area contributed by atoms with Gasteiger partial charge in [-0.3, -0.25) is 4.79 Å². The monoisotopic (exact) mass is 248 g/mol. The number of aliphatic carboxylic acids is 1. The van der Waals surface area contributed by atoms with Crippen LogP contribution in [0.2, 0.25) is 0 Å². The Hall–Kier alpha value is -2.44. The van der Waals surface area contributed by atoms with Gasteiger partial charge in [0, 0.05) is 0 Å². The summed E-state index contributed by atoms with van der Waals surface area (Å²) < 4.78 is 5.19. The van der Waals surface area contributed by atoms with Gasteiger partial charge in [-0.25, -0.2) is 0 Å². The summed E-state index contributed by atoms with van der Waals surface area (Å²) in [4.78, 5) is 11.2. The first kappa shape index (κ1) is 12.0. The molecule has 0 radical (unpaired) electrons. The Balaban J connectivity index is 2.27. The molecule has 0 saturated carbocycles. The first-order valence-corrected chi connectivity index (χ1v) is 5.30. The number of para-hydroxylation sites is 1. The zero-order valence-corrected chi connectivity index (χ0v) is 9.70. The highest BCUT2D eigenvalue weighted by atomic mass is 16.5. The molecule has 0 amide bonds. The van der Waals surface area contributed by atoms with Crippen LogP contribution in [0.3, 0.4) is 0 Å². The molecule has 0 bridgehead atoms. The number of H-pyrrole nitrogens is 1. The number of aromatic amines is 1. The number of carboxylic acids is 1. The van der Waals surface area contributed by atoms with Crippen molar-refractivity contribution in [3.8, 4) is 5.75 Å². The maximum Gasteiger partial charge on any atom is 0.314 e. The van der Waals surface area contributed by atoms with E-state index in [1.54, 1.807) is 13.2 Å². The summed E-state index contributed by atoms with van der Waals surface area (Å²) >= 11 is 0. The van der Waals surface area contributed by atoms with Gasteiger partial charge in [-0.1, -0.05) is 23.4 Å². The van der Waals surface area contributed by atoms with Crippen molar-refractivity contribution in [1.82, 2.24) is 20.6 Å². The maximum absolute atomic E-state index is 11.2. The average molecular weight is 248 g/mol. The van der Waals surface area contributed by atoms with Crippen LogP contribution in [0.1, 0.15) is 17.3 Å². The summed E-state index contributed by atoms with van der Waals surface area (Å²) in [7, 11) is 1.54. The molecule has 0 fully saturated rings. The van der Waals surface area contributed by atoms with Gasteiger partial charge in [0.1, 0.15) is 11.7 Å². The number of nitrogens with zero attached hydrogens (tertiary/aromatic N) is 3. The largest absolute Gasteiger partial charge is 0.496 e. The van der Waals surface area contributed by atoms with Crippen molar-refractivity contribution in [3.05, 3.63) is 35.7 Å². The van der Waals surface area contributed by atoms with Crippen LogP contribution in [0.5, 0.6) is 5.75 Å². The molecule has 1 atom stereocenters. The Morgan fingerprint density at radius 3 is 2.89 bits per heavy atom. The van der Waals surface area contributed by atoms with Gasteiger partial charge in [-0.15, -0.1) is 10.2 Å². The first-order valence-electron chi connectivity index (χ1n) is 5.30. The number of ether oxygens (including phenoxy) is 1. The van der Waals surface area contributed by atoms with Crippen LogP contribution in [-0.2, 0) is 11.2 Å². The van der Waals surface area contributed by atoms with Gasteiger partial charge in [0.15, 0.2) is 5.82 Å². The van der Waals surface area contributed by atoms with Gasteiger partial charge in [0.2, 0.25) is 0 Å². The second-order valence-corrected chi connectivity index (χ2v) is 3.68. The molecule has 7 nitrogen and oxygen atoms in total. The molecular weight excluding hydrogens is 236 g/mol. The molecular formula is C11H12N4O3. The van der Waals surface area contributed by atoms with Crippen molar-refractivity contribution in [1.29, 1.82) is 0 Å². The fraction of sp³-hybridized carbons (Fsp3) is 0.273. The molecule has 0 unspecified atom stereocenters. The first-order chi connectivity index (χ1) is 8.72. The highest BCUT2D eigenvalue weighted by Crippen LogP contribution is 2.24. The average Bonchev–Trinajstić information content (AvgIpc) is 2.89. The Kier molecular flexibility index (Phi) is 3.52. The van der Waals surface area contributed by atoms with Gasteiger partial charge >= 0.3 is 5.97 Å². The van der Waals surface area contributed by atoms with Crippen molar-refractivity contribution < 1.29 is 14.6 Å². The van der Waals surface area contributed by atoms with Crippen LogP contribution in [0.4, 0.5) is 0 Å². The molecule has 0 spiro atoms. The zero-order valence-electron chi connectivity index (χ0n) is 9.70. The maximum atomic E-state index is 11.2. The summed E-state index contributed by atoms with van der Waals surface area (Å²) in [6.45, 7) is 0. The van der Waals surface area contributed by atoms with E-state index in [0.717, 1.165) is 5.56 Å². The quantitative estimate of drug-likeness (QED) is 0.804. The van der Waals surface area contributed by atoms with Gasteiger partial charge in [0.25, 0.3) is 0 Å². The number of aromatic nitrogens is 4. The minimum Gasteiger partial charge on any atom is -0.496 e. The normalized spacial score (nSPS) is 12.1. The van der Waals surface area contributed by atoms with Crippen LogP contribution in [-0.4, -0.2) is 38.8 Å². The Morgan fingerprint density at radius 1 is 1.50 bits per heavy atom. The molecule has 0 aliphatic carbocycles. The lowest BCUT2D eigenvalue weighted by molar-refractivity contribution is -0.139. The molecule has 1 aromatic carbocycles. The Labute approximate surface area is 103 Å². The fourth-order valence-electron chi connectivity index (χ4n) is 1.70. The van der Waals surface area contributed by atoms with Gasteiger partial charge in [-0.05, 0) is 18.1 Å². The molecule has 2 rings (SSSR count). The van der Waals surface area contributed by atoms with Crippen molar-refractivity contribution >= 4 is 5.97 Å². The van der Waals surface area contributed by atoms with Crippen molar-refractivity contribution in [2.75, 3.05) is 7.11 Å².